The molecule has 0 amide bonds. The predicted octanol–water partition coefficient (Wildman–Crippen LogP) is 5.44. The summed E-state index contributed by atoms with van der Waals surface area (Å²) in [5.41, 5.74) is 0. The van der Waals surface area contributed by atoms with E-state index >= 15 is 0 Å². The van der Waals surface area contributed by atoms with Gasteiger partial charge in [0.05, 0.1) is 4.88 Å². The summed E-state index contributed by atoms with van der Waals surface area (Å²) in [7, 11) is 0. The standard InChI is InChI=1S/C17H19FOS/c1-2-11-3-5-12(6-4-11)17(19)16-9-13-7-8-14(18)10-15(13)20-16/h7-12H,2-6H2,1H3. The first-order valence-electron chi connectivity index (χ1n) is 7.40. The molecule has 1 aliphatic carbocycles. The van der Waals surface area contributed by atoms with Crippen LogP contribution in [0.2, 0.25) is 0 Å². The maximum absolute atomic E-state index is 13.2. The van der Waals surface area contributed by atoms with Gasteiger partial charge in [-0.2, -0.15) is 0 Å². The van der Waals surface area contributed by atoms with E-state index in [9.17, 15) is 9.18 Å². The van der Waals surface area contributed by atoms with Crippen LogP contribution in [-0.4, -0.2) is 5.78 Å². The number of ketones is 1. The zero-order valence-corrected chi connectivity index (χ0v) is 12.5. The molecule has 2 aromatic rings. The predicted molar refractivity (Wildman–Crippen MR) is 81.9 cm³/mol. The third-order valence-corrected chi connectivity index (χ3v) is 5.63. The Labute approximate surface area is 122 Å². The van der Waals surface area contributed by atoms with Gasteiger partial charge in [0, 0.05) is 10.6 Å². The smallest absolute Gasteiger partial charge is 0.175 e. The first-order valence-corrected chi connectivity index (χ1v) is 8.22. The second kappa shape index (κ2) is 5.65. The van der Waals surface area contributed by atoms with Crippen molar-refractivity contribution in [3.05, 3.63) is 35.0 Å². The van der Waals surface area contributed by atoms with Crippen LogP contribution >= 0.6 is 11.3 Å². The Balaban J connectivity index is 1.79. The van der Waals surface area contributed by atoms with E-state index < -0.39 is 0 Å². The maximum Gasteiger partial charge on any atom is 0.175 e. The Hall–Kier alpha value is -1.22. The Morgan fingerprint density at radius 2 is 2.00 bits per heavy atom. The molecule has 20 heavy (non-hydrogen) atoms. The summed E-state index contributed by atoms with van der Waals surface area (Å²) in [6.45, 7) is 2.23. The van der Waals surface area contributed by atoms with Crippen molar-refractivity contribution in [2.24, 2.45) is 11.8 Å². The molecule has 1 aromatic heterocycles. The monoisotopic (exact) mass is 290 g/mol. The van der Waals surface area contributed by atoms with E-state index in [1.165, 1.54) is 42.7 Å². The lowest BCUT2D eigenvalue weighted by atomic mass is 9.79. The molecule has 0 spiro atoms. The minimum absolute atomic E-state index is 0.177. The van der Waals surface area contributed by atoms with Crippen LogP contribution in [0.15, 0.2) is 24.3 Å². The summed E-state index contributed by atoms with van der Waals surface area (Å²) in [6.07, 6.45) is 5.60. The molecule has 1 aromatic carbocycles. The summed E-state index contributed by atoms with van der Waals surface area (Å²) in [6, 6.07) is 6.65. The van der Waals surface area contributed by atoms with Crippen molar-refractivity contribution in [1.82, 2.24) is 0 Å². The first kappa shape index (κ1) is 13.7. The van der Waals surface area contributed by atoms with E-state index in [1.807, 2.05) is 6.07 Å². The second-order valence-electron chi connectivity index (χ2n) is 5.78. The number of fused-ring (bicyclic) bond motifs is 1. The lowest BCUT2D eigenvalue weighted by Gasteiger charge is -2.26. The van der Waals surface area contributed by atoms with E-state index in [1.54, 1.807) is 6.07 Å². The second-order valence-corrected chi connectivity index (χ2v) is 6.87. The van der Waals surface area contributed by atoms with Crippen LogP contribution in [0, 0.1) is 17.7 Å². The number of halogens is 1. The van der Waals surface area contributed by atoms with Gasteiger partial charge in [0.1, 0.15) is 5.82 Å². The van der Waals surface area contributed by atoms with E-state index in [2.05, 4.69) is 6.92 Å². The highest BCUT2D eigenvalue weighted by molar-refractivity contribution is 7.20. The minimum atomic E-state index is -0.234. The molecule has 0 saturated heterocycles. The third-order valence-electron chi connectivity index (χ3n) is 4.52. The SMILES string of the molecule is CCC1CCC(C(=O)c2cc3ccc(F)cc3s2)CC1. The van der Waals surface area contributed by atoms with Crippen LogP contribution in [0.25, 0.3) is 10.1 Å². The molecule has 0 atom stereocenters. The van der Waals surface area contributed by atoms with Gasteiger partial charge in [-0.1, -0.05) is 19.4 Å². The molecule has 3 rings (SSSR count). The van der Waals surface area contributed by atoms with Gasteiger partial charge in [0.2, 0.25) is 0 Å². The molecule has 0 aliphatic heterocycles. The number of Topliss-reactive ketones (excluding diaryl/α,β-unsaturated/α-hetero) is 1. The highest BCUT2D eigenvalue weighted by Crippen LogP contribution is 2.35. The Bertz CT molecular complexity index is 623. The van der Waals surface area contributed by atoms with Crippen molar-refractivity contribution in [2.75, 3.05) is 0 Å². The highest BCUT2D eigenvalue weighted by atomic mass is 32.1. The van der Waals surface area contributed by atoms with Crippen molar-refractivity contribution in [2.45, 2.75) is 39.0 Å². The fourth-order valence-electron chi connectivity index (χ4n) is 3.16. The largest absolute Gasteiger partial charge is 0.293 e. The molecular weight excluding hydrogens is 271 g/mol. The molecule has 0 radical (unpaired) electrons. The van der Waals surface area contributed by atoms with E-state index in [4.69, 9.17) is 0 Å². The van der Waals surface area contributed by atoms with Gasteiger partial charge >= 0.3 is 0 Å². The van der Waals surface area contributed by atoms with Crippen molar-refractivity contribution in [3.63, 3.8) is 0 Å². The topological polar surface area (TPSA) is 17.1 Å². The van der Waals surface area contributed by atoms with Crippen LogP contribution < -0.4 is 0 Å². The summed E-state index contributed by atoms with van der Waals surface area (Å²) >= 11 is 1.43. The minimum Gasteiger partial charge on any atom is -0.293 e. The van der Waals surface area contributed by atoms with Crippen molar-refractivity contribution >= 4 is 27.2 Å². The average Bonchev–Trinajstić information content (AvgIpc) is 2.89. The molecule has 0 unspecified atom stereocenters. The number of rotatable bonds is 3. The van der Waals surface area contributed by atoms with E-state index in [0.29, 0.717) is 0 Å². The molecule has 1 fully saturated rings. The molecule has 1 aliphatic rings. The number of carbonyl (C=O) groups excluding carboxylic acids is 1. The number of hydrogen-bond donors (Lipinski definition) is 0. The van der Waals surface area contributed by atoms with Crippen molar-refractivity contribution in [1.29, 1.82) is 0 Å². The first-order chi connectivity index (χ1) is 9.67. The maximum atomic E-state index is 13.2. The number of hydrogen-bond acceptors (Lipinski definition) is 2. The van der Waals surface area contributed by atoms with Gasteiger partial charge in [-0.3, -0.25) is 4.79 Å². The normalized spacial score (nSPS) is 23.1. The fourth-order valence-corrected chi connectivity index (χ4v) is 4.27. The quantitative estimate of drug-likeness (QED) is 0.688. The lowest BCUT2D eigenvalue weighted by molar-refractivity contribution is 0.0875. The van der Waals surface area contributed by atoms with Crippen LogP contribution in [0.5, 0.6) is 0 Å². The molecule has 0 bridgehead atoms. The van der Waals surface area contributed by atoms with Crippen LogP contribution in [0.3, 0.4) is 0 Å². The van der Waals surface area contributed by atoms with Gasteiger partial charge in [0.25, 0.3) is 0 Å². The van der Waals surface area contributed by atoms with E-state index in [0.717, 1.165) is 33.7 Å². The van der Waals surface area contributed by atoms with Gasteiger partial charge < -0.3 is 0 Å². The molecule has 0 N–H and O–H groups in total. The summed E-state index contributed by atoms with van der Waals surface area (Å²) in [5.74, 6) is 1.01. The van der Waals surface area contributed by atoms with Crippen molar-refractivity contribution in [3.8, 4) is 0 Å². The fraction of sp³-hybridized carbons (Fsp3) is 0.471. The van der Waals surface area contributed by atoms with Crippen LogP contribution in [0.1, 0.15) is 48.7 Å². The molecule has 106 valence electrons. The Morgan fingerprint density at radius 1 is 1.25 bits per heavy atom. The molecule has 1 nitrogen and oxygen atoms in total. The summed E-state index contributed by atoms with van der Waals surface area (Å²) in [4.78, 5) is 13.4. The average molecular weight is 290 g/mol. The molecule has 1 saturated carbocycles. The van der Waals surface area contributed by atoms with Crippen LogP contribution in [0.4, 0.5) is 4.39 Å². The van der Waals surface area contributed by atoms with Gasteiger partial charge in [-0.25, -0.2) is 4.39 Å². The van der Waals surface area contributed by atoms with Gasteiger partial charge in [-0.15, -0.1) is 11.3 Å². The van der Waals surface area contributed by atoms with E-state index in [-0.39, 0.29) is 17.5 Å². The number of benzene rings is 1. The van der Waals surface area contributed by atoms with Gasteiger partial charge in [-0.05, 0) is 55.2 Å². The number of carbonyl (C=O) groups is 1. The Morgan fingerprint density at radius 3 is 2.70 bits per heavy atom. The highest BCUT2D eigenvalue weighted by Gasteiger charge is 2.27. The zero-order valence-electron chi connectivity index (χ0n) is 11.7. The zero-order chi connectivity index (χ0) is 14.1. The summed E-state index contributed by atoms with van der Waals surface area (Å²) < 4.78 is 14.1. The third kappa shape index (κ3) is 2.64. The summed E-state index contributed by atoms with van der Waals surface area (Å²) in [5, 5.41) is 0.974. The molecular formula is C17H19FOS. The number of thiophene rings is 1. The lowest BCUT2D eigenvalue weighted by Crippen LogP contribution is -2.21. The van der Waals surface area contributed by atoms with Gasteiger partial charge in [0.15, 0.2) is 5.78 Å². The molecule has 3 heteroatoms. The van der Waals surface area contributed by atoms with Crippen molar-refractivity contribution < 1.29 is 9.18 Å². The Kier molecular flexibility index (Phi) is 3.88. The van der Waals surface area contributed by atoms with Crippen LogP contribution in [-0.2, 0) is 0 Å². The molecule has 1 heterocycles.